The standard InChI is InChI=1S/C19H26N4O/c1-14-8-10-22(11-9-14)18-6-4-17(5-7-18)20-19(24)13-23-16(3)12-15(2)21-23/h4-7,12,14H,8-11,13H2,1-3H3,(H,20,24). The van der Waals surface area contributed by atoms with Crippen LogP contribution in [0.4, 0.5) is 11.4 Å². The van der Waals surface area contributed by atoms with Crippen LogP contribution in [0.2, 0.25) is 0 Å². The quantitative estimate of drug-likeness (QED) is 0.937. The van der Waals surface area contributed by atoms with Crippen molar-refractivity contribution in [1.82, 2.24) is 9.78 Å². The van der Waals surface area contributed by atoms with Crippen molar-refractivity contribution in [2.45, 2.75) is 40.2 Å². The average Bonchev–Trinajstić information content (AvgIpc) is 2.86. The number of hydrogen-bond acceptors (Lipinski definition) is 3. The fraction of sp³-hybridized carbons (Fsp3) is 0.474. The number of carbonyl (C=O) groups is 1. The maximum Gasteiger partial charge on any atom is 0.246 e. The van der Waals surface area contributed by atoms with Crippen molar-refractivity contribution in [1.29, 1.82) is 0 Å². The maximum atomic E-state index is 12.2. The van der Waals surface area contributed by atoms with E-state index in [1.165, 1.54) is 18.5 Å². The Bertz CT molecular complexity index is 697. The number of rotatable bonds is 4. The van der Waals surface area contributed by atoms with Crippen LogP contribution in [-0.2, 0) is 11.3 Å². The fourth-order valence-corrected chi connectivity index (χ4v) is 3.19. The van der Waals surface area contributed by atoms with Gasteiger partial charge < -0.3 is 10.2 Å². The minimum Gasteiger partial charge on any atom is -0.372 e. The third-order valence-electron chi connectivity index (χ3n) is 4.70. The molecule has 2 aromatic rings. The molecule has 1 aliphatic heterocycles. The Hall–Kier alpha value is -2.30. The van der Waals surface area contributed by atoms with Gasteiger partial charge in [-0.15, -0.1) is 0 Å². The zero-order chi connectivity index (χ0) is 17.1. The second-order valence-electron chi connectivity index (χ2n) is 6.85. The number of hydrogen-bond donors (Lipinski definition) is 1. The van der Waals surface area contributed by atoms with E-state index in [0.717, 1.165) is 36.1 Å². The number of amides is 1. The Labute approximate surface area is 143 Å². The maximum absolute atomic E-state index is 12.2. The minimum atomic E-state index is -0.0549. The van der Waals surface area contributed by atoms with Crippen LogP contribution < -0.4 is 10.2 Å². The second kappa shape index (κ2) is 7.07. The predicted octanol–water partition coefficient (Wildman–Crippen LogP) is 3.37. The summed E-state index contributed by atoms with van der Waals surface area (Å²) in [5.41, 5.74) is 3.99. The summed E-state index contributed by atoms with van der Waals surface area (Å²) in [7, 11) is 0. The molecular formula is C19H26N4O. The number of benzene rings is 1. The topological polar surface area (TPSA) is 50.2 Å². The Morgan fingerprint density at radius 3 is 2.46 bits per heavy atom. The molecule has 0 unspecified atom stereocenters. The van der Waals surface area contributed by atoms with Crippen molar-refractivity contribution in [2.75, 3.05) is 23.3 Å². The Balaban J connectivity index is 1.57. The largest absolute Gasteiger partial charge is 0.372 e. The van der Waals surface area contributed by atoms with Crippen LogP contribution in [0, 0.1) is 19.8 Å². The van der Waals surface area contributed by atoms with Gasteiger partial charge in [-0.25, -0.2) is 0 Å². The van der Waals surface area contributed by atoms with Gasteiger partial charge in [0.05, 0.1) is 5.69 Å². The smallest absolute Gasteiger partial charge is 0.246 e. The van der Waals surface area contributed by atoms with Crippen LogP contribution in [0.15, 0.2) is 30.3 Å². The number of nitrogens with one attached hydrogen (secondary N) is 1. The Morgan fingerprint density at radius 1 is 1.21 bits per heavy atom. The summed E-state index contributed by atoms with van der Waals surface area (Å²) in [4.78, 5) is 14.6. The zero-order valence-electron chi connectivity index (χ0n) is 14.7. The Morgan fingerprint density at radius 2 is 1.88 bits per heavy atom. The van der Waals surface area contributed by atoms with Crippen molar-refractivity contribution in [3.8, 4) is 0 Å². The monoisotopic (exact) mass is 326 g/mol. The number of aromatic nitrogens is 2. The molecule has 5 heteroatoms. The van der Waals surface area contributed by atoms with Gasteiger partial charge in [-0.1, -0.05) is 6.92 Å². The van der Waals surface area contributed by atoms with Gasteiger partial charge >= 0.3 is 0 Å². The summed E-state index contributed by atoms with van der Waals surface area (Å²) in [6.07, 6.45) is 2.50. The summed E-state index contributed by atoms with van der Waals surface area (Å²) in [6.45, 7) is 8.68. The molecule has 1 aromatic heterocycles. The van der Waals surface area contributed by atoms with Gasteiger partial charge in [0.2, 0.25) is 5.91 Å². The summed E-state index contributed by atoms with van der Waals surface area (Å²) < 4.78 is 1.73. The lowest BCUT2D eigenvalue weighted by atomic mass is 9.99. The highest BCUT2D eigenvalue weighted by molar-refractivity contribution is 5.90. The number of carbonyl (C=O) groups excluding carboxylic acids is 1. The number of aryl methyl sites for hydroxylation is 2. The van der Waals surface area contributed by atoms with Crippen LogP contribution in [0.1, 0.15) is 31.2 Å². The molecule has 1 amide bonds. The molecule has 0 atom stereocenters. The summed E-state index contributed by atoms with van der Waals surface area (Å²) in [5.74, 6) is 0.773. The molecule has 2 heterocycles. The molecule has 1 aliphatic rings. The first kappa shape index (κ1) is 16.6. The number of piperidine rings is 1. The van der Waals surface area contributed by atoms with E-state index in [-0.39, 0.29) is 12.5 Å². The predicted molar refractivity (Wildman–Crippen MR) is 97.4 cm³/mol. The second-order valence-corrected chi connectivity index (χ2v) is 6.85. The molecule has 1 aromatic carbocycles. The lowest BCUT2D eigenvalue weighted by molar-refractivity contribution is -0.116. The van der Waals surface area contributed by atoms with Gasteiger partial charge in [0.1, 0.15) is 6.54 Å². The molecule has 1 N–H and O–H groups in total. The molecular weight excluding hydrogens is 300 g/mol. The SMILES string of the molecule is Cc1cc(C)n(CC(=O)Nc2ccc(N3CCC(C)CC3)cc2)n1. The zero-order valence-corrected chi connectivity index (χ0v) is 14.7. The molecule has 1 saturated heterocycles. The van der Waals surface area contributed by atoms with Crippen molar-refractivity contribution in [3.05, 3.63) is 41.7 Å². The fourth-order valence-electron chi connectivity index (χ4n) is 3.19. The van der Waals surface area contributed by atoms with Gasteiger partial charge in [-0.05, 0) is 62.9 Å². The molecule has 0 aliphatic carbocycles. The molecule has 128 valence electrons. The highest BCUT2D eigenvalue weighted by atomic mass is 16.2. The van der Waals surface area contributed by atoms with Crippen LogP contribution in [0.3, 0.4) is 0 Å². The molecule has 3 rings (SSSR count). The molecule has 0 bridgehead atoms. The van der Waals surface area contributed by atoms with Crippen molar-refractivity contribution in [3.63, 3.8) is 0 Å². The molecule has 5 nitrogen and oxygen atoms in total. The van der Waals surface area contributed by atoms with E-state index in [4.69, 9.17) is 0 Å². The third kappa shape index (κ3) is 3.96. The van der Waals surface area contributed by atoms with Gasteiger partial charge in [0.15, 0.2) is 0 Å². The normalized spacial score (nSPS) is 15.5. The van der Waals surface area contributed by atoms with Crippen LogP contribution >= 0.6 is 0 Å². The van der Waals surface area contributed by atoms with Gasteiger partial charge in [-0.2, -0.15) is 5.10 Å². The van der Waals surface area contributed by atoms with Gasteiger partial charge in [0, 0.05) is 30.2 Å². The van der Waals surface area contributed by atoms with Crippen molar-refractivity contribution < 1.29 is 4.79 Å². The number of anilines is 2. The first-order valence-corrected chi connectivity index (χ1v) is 8.67. The lowest BCUT2D eigenvalue weighted by Crippen LogP contribution is -2.32. The van der Waals surface area contributed by atoms with Crippen molar-refractivity contribution >= 4 is 17.3 Å². The van der Waals surface area contributed by atoms with Crippen LogP contribution in [0.5, 0.6) is 0 Å². The molecule has 0 radical (unpaired) electrons. The summed E-state index contributed by atoms with van der Waals surface area (Å²) >= 11 is 0. The highest BCUT2D eigenvalue weighted by Gasteiger charge is 2.16. The average molecular weight is 326 g/mol. The minimum absolute atomic E-state index is 0.0549. The van der Waals surface area contributed by atoms with E-state index in [9.17, 15) is 4.79 Å². The third-order valence-corrected chi connectivity index (χ3v) is 4.70. The first-order chi connectivity index (χ1) is 11.5. The van der Waals surface area contributed by atoms with Crippen LogP contribution in [0.25, 0.3) is 0 Å². The van der Waals surface area contributed by atoms with Crippen LogP contribution in [-0.4, -0.2) is 28.8 Å². The van der Waals surface area contributed by atoms with Gasteiger partial charge in [0.25, 0.3) is 0 Å². The van der Waals surface area contributed by atoms with E-state index in [1.54, 1.807) is 4.68 Å². The first-order valence-electron chi connectivity index (χ1n) is 8.67. The van der Waals surface area contributed by atoms with E-state index >= 15 is 0 Å². The lowest BCUT2D eigenvalue weighted by Gasteiger charge is -2.32. The highest BCUT2D eigenvalue weighted by Crippen LogP contribution is 2.24. The molecule has 0 spiro atoms. The van der Waals surface area contributed by atoms with E-state index < -0.39 is 0 Å². The summed E-state index contributed by atoms with van der Waals surface area (Å²) in [6, 6.07) is 10.1. The van der Waals surface area contributed by atoms with Gasteiger partial charge in [-0.3, -0.25) is 9.48 Å². The van der Waals surface area contributed by atoms with Crippen molar-refractivity contribution in [2.24, 2.45) is 5.92 Å². The van der Waals surface area contributed by atoms with E-state index in [1.807, 2.05) is 32.0 Å². The summed E-state index contributed by atoms with van der Waals surface area (Å²) in [5, 5.41) is 7.27. The molecule has 0 saturated carbocycles. The van der Waals surface area contributed by atoms with E-state index in [0.29, 0.717) is 0 Å². The molecule has 24 heavy (non-hydrogen) atoms. The Kier molecular flexibility index (Phi) is 4.88. The molecule has 1 fully saturated rings. The number of nitrogens with zero attached hydrogens (tertiary/aromatic N) is 3. The van der Waals surface area contributed by atoms with E-state index in [2.05, 4.69) is 34.4 Å².